The molecule has 2 aliphatic rings. The van der Waals surface area contributed by atoms with E-state index in [1.165, 1.54) is 0 Å². The summed E-state index contributed by atoms with van der Waals surface area (Å²) in [4.78, 5) is 29.0. The van der Waals surface area contributed by atoms with Crippen LogP contribution in [0.2, 0.25) is 0 Å². The molecule has 0 spiro atoms. The van der Waals surface area contributed by atoms with Crippen LogP contribution in [0.4, 0.5) is 0 Å². The summed E-state index contributed by atoms with van der Waals surface area (Å²) in [5.41, 5.74) is 2.81. The van der Waals surface area contributed by atoms with Gasteiger partial charge in [-0.3, -0.25) is 9.59 Å². The zero-order valence-electron chi connectivity index (χ0n) is 14.8. The number of benzene rings is 1. The Morgan fingerprint density at radius 3 is 2.29 bits per heavy atom. The molecule has 0 aromatic heterocycles. The van der Waals surface area contributed by atoms with E-state index >= 15 is 0 Å². The first-order valence-corrected chi connectivity index (χ1v) is 8.74. The summed E-state index contributed by atoms with van der Waals surface area (Å²) in [5, 5.41) is 0. The summed E-state index contributed by atoms with van der Waals surface area (Å²) in [6.45, 7) is 6.68. The lowest BCUT2D eigenvalue weighted by atomic mass is 10.0. The van der Waals surface area contributed by atoms with Crippen LogP contribution in [0.15, 0.2) is 12.1 Å². The topological polar surface area (TPSA) is 49.9 Å². The smallest absolute Gasteiger partial charge is 0.257 e. The number of carbonyl (C=O) groups excluding carboxylic acids is 2. The Hall–Kier alpha value is -2.04. The molecular weight excluding hydrogens is 304 g/mol. The van der Waals surface area contributed by atoms with Crippen molar-refractivity contribution in [3.63, 3.8) is 0 Å². The number of methoxy groups -OCH3 is 1. The van der Waals surface area contributed by atoms with Gasteiger partial charge in [0.1, 0.15) is 5.75 Å². The predicted octanol–water partition coefficient (Wildman–Crippen LogP) is 2.40. The highest BCUT2D eigenvalue weighted by atomic mass is 16.5. The van der Waals surface area contributed by atoms with E-state index in [2.05, 4.69) is 0 Å². The summed E-state index contributed by atoms with van der Waals surface area (Å²) in [5.74, 6) is 1.13. The molecule has 0 bridgehead atoms. The SMILES string of the molecule is COc1cc(C)c(C)cc1C(=O)N1CCCN(C(=O)C2CC2)CC1. The average molecular weight is 330 g/mol. The van der Waals surface area contributed by atoms with E-state index in [9.17, 15) is 9.59 Å². The zero-order chi connectivity index (χ0) is 17.3. The first kappa shape index (κ1) is 16.8. The van der Waals surface area contributed by atoms with Gasteiger partial charge < -0.3 is 14.5 Å². The Bertz CT molecular complexity index is 652. The second-order valence-corrected chi connectivity index (χ2v) is 6.88. The monoisotopic (exact) mass is 330 g/mol. The van der Waals surface area contributed by atoms with Crippen LogP contribution < -0.4 is 4.74 Å². The third-order valence-electron chi connectivity index (χ3n) is 5.07. The Kier molecular flexibility index (Phi) is 4.78. The van der Waals surface area contributed by atoms with E-state index in [1.54, 1.807) is 7.11 Å². The lowest BCUT2D eigenvalue weighted by molar-refractivity contribution is -0.132. The van der Waals surface area contributed by atoms with Crippen molar-refractivity contribution in [3.8, 4) is 5.75 Å². The van der Waals surface area contributed by atoms with Gasteiger partial charge in [-0.05, 0) is 56.4 Å². The van der Waals surface area contributed by atoms with E-state index < -0.39 is 0 Å². The fraction of sp³-hybridized carbons (Fsp3) is 0.579. The minimum atomic E-state index is -0.00401. The molecule has 1 aromatic rings. The fourth-order valence-corrected chi connectivity index (χ4v) is 3.23. The number of nitrogens with zero attached hydrogens (tertiary/aromatic N) is 2. The highest BCUT2D eigenvalue weighted by Crippen LogP contribution is 2.31. The summed E-state index contributed by atoms with van der Waals surface area (Å²) >= 11 is 0. The highest BCUT2D eigenvalue weighted by molar-refractivity contribution is 5.97. The molecule has 5 heteroatoms. The van der Waals surface area contributed by atoms with Crippen LogP contribution in [-0.4, -0.2) is 54.9 Å². The number of carbonyl (C=O) groups is 2. The van der Waals surface area contributed by atoms with E-state index in [0.29, 0.717) is 30.9 Å². The Morgan fingerprint density at radius 2 is 1.62 bits per heavy atom. The molecule has 0 atom stereocenters. The molecule has 1 aliphatic carbocycles. The largest absolute Gasteiger partial charge is 0.496 e. The Morgan fingerprint density at radius 1 is 1.00 bits per heavy atom. The average Bonchev–Trinajstić information content (AvgIpc) is 3.42. The van der Waals surface area contributed by atoms with Gasteiger partial charge in [0, 0.05) is 32.1 Å². The third kappa shape index (κ3) is 3.40. The number of ether oxygens (including phenoxy) is 1. The van der Waals surface area contributed by atoms with E-state index in [0.717, 1.165) is 36.9 Å². The van der Waals surface area contributed by atoms with Crippen LogP contribution in [-0.2, 0) is 4.79 Å². The first-order chi connectivity index (χ1) is 11.5. The van der Waals surface area contributed by atoms with Crippen molar-refractivity contribution in [2.45, 2.75) is 33.1 Å². The molecule has 1 aromatic carbocycles. The second kappa shape index (κ2) is 6.83. The lowest BCUT2D eigenvalue weighted by Crippen LogP contribution is -2.38. The third-order valence-corrected chi connectivity index (χ3v) is 5.07. The van der Waals surface area contributed by atoms with Crippen molar-refractivity contribution in [2.24, 2.45) is 5.92 Å². The molecule has 1 aliphatic heterocycles. The van der Waals surface area contributed by atoms with Crippen molar-refractivity contribution < 1.29 is 14.3 Å². The summed E-state index contributed by atoms with van der Waals surface area (Å²) in [6, 6.07) is 3.83. The number of amides is 2. The fourth-order valence-electron chi connectivity index (χ4n) is 3.23. The molecule has 1 heterocycles. The molecule has 24 heavy (non-hydrogen) atoms. The van der Waals surface area contributed by atoms with Gasteiger partial charge >= 0.3 is 0 Å². The molecule has 1 saturated carbocycles. The molecule has 2 fully saturated rings. The lowest BCUT2D eigenvalue weighted by Gasteiger charge is -2.23. The molecular formula is C19H26N2O3. The van der Waals surface area contributed by atoms with Crippen molar-refractivity contribution in [3.05, 3.63) is 28.8 Å². The van der Waals surface area contributed by atoms with Crippen molar-refractivity contribution in [2.75, 3.05) is 33.3 Å². The normalized spacial score (nSPS) is 18.3. The molecule has 3 rings (SSSR count). The quantitative estimate of drug-likeness (QED) is 0.855. The maximum absolute atomic E-state index is 13.0. The maximum atomic E-state index is 13.0. The van der Waals surface area contributed by atoms with Crippen molar-refractivity contribution in [1.82, 2.24) is 9.80 Å². The van der Waals surface area contributed by atoms with Gasteiger partial charge in [-0.2, -0.15) is 0 Å². The number of hydrogen-bond donors (Lipinski definition) is 0. The molecule has 0 unspecified atom stereocenters. The molecule has 5 nitrogen and oxygen atoms in total. The highest BCUT2D eigenvalue weighted by Gasteiger charge is 2.34. The van der Waals surface area contributed by atoms with Crippen LogP contribution in [0.25, 0.3) is 0 Å². The van der Waals surface area contributed by atoms with Crippen LogP contribution in [0.3, 0.4) is 0 Å². The van der Waals surface area contributed by atoms with Gasteiger partial charge in [0.05, 0.1) is 12.7 Å². The number of hydrogen-bond acceptors (Lipinski definition) is 3. The number of rotatable bonds is 3. The van der Waals surface area contributed by atoms with E-state index in [4.69, 9.17) is 4.74 Å². The summed E-state index contributed by atoms with van der Waals surface area (Å²) in [6.07, 6.45) is 2.88. The van der Waals surface area contributed by atoms with E-state index in [1.807, 2.05) is 35.8 Å². The van der Waals surface area contributed by atoms with E-state index in [-0.39, 0.29) is 17.7 Å². The predicted molar refractivity (Wildman–Crippen MR) is 92.3 cm³/mol. The van der Waals surface area contributed by atoms with Gasteiger partial charge in [-0.1, -0.05) is 0 Å². The minimum Gasteiger partial charge on any atom is -0.496 e. The first-order valence-electron chi connectivity index (χ1n) is 8.74. The van der Waals surface area contributed by atoms with Gasteiger partial charge in [0.15, 0.2) is 0 Å². The van der Waals surface area contributed by atoms with Gasteiger partial charge in [0.25, 0.3) is 5.91 Å². The molecule has 0 radical (unpaired) electrons. The van der Waals surface area contributed by atoms with Crippen molar-refractivity contribution in [1.29, 1.82) is 0 Å². The molecule has 1 saturated heterocycles. The number of aryl methyl sites for hydroxylation is 2. The minimum absolute atomic E-state index is 0.00401. The van der Waals surface area contributed by atoms with Crippen molar-refractivity contribution >= 4 is 11.8 Å². The Labute approximate surface area is 143 Å². The van der Waals surface area contributed by atoms with Crippen LogP contribution in [0.1, 0.15) is 40.7 Å². The molecule has 0 N–H and O–H groups in total. The maximum Gasteiger partial charge on any atom is 0.257 e. The summed E-state index contributed by atoms with van der Waals surface area (Å²) < 4.78 is 5.41. The standard InChI is InChI=1S/C19H26N2O3/c1-13-11-16(17(24-3)12-14(13)2)19(23)21-8-4-7-20(9-10-21)18(22)15-5-6-15/h11-12,15H,4-10H2,1-3H3. The molecule has 2 amide bonds. The van der Waals surface area contributed by atoms with Crippen LogP contribution in [0, 0.1) is 19.8 Å². The second-order valence-electron chi connectivity index (χ2n) is 6.88. The zero-order valence-corrected chi connectivity index (χ0v) is 14.8. The van der Waals surface area contributed by atoms with Crippen LogP contribution in [0.5, 0.6) is 5.75 Å². The van der Waals surface area contributed by atoms with Gasteiger partial charge in [-0.15, -0.1) is 0 Å². The summed E-state index contributed by atoms with van der Waals surface area (Å²) in [7, 11) is 1.60. The molecule has 130 valence electrons. The van der Waals surface area contributed by atoms with Gasteiger partial charge in [-0.25, -0.2) is 0 Å². The van der Waals surface area contributed by atoms with Crippen LogP contribution >= 0.6 is 0 Å². The van der Waals surface area contributed by atoms with Gasteiger partial charge in [0.2, 0.25) is 5.91 Å². The Balaban J connectivity index is 1.73.